The van der Waals surface area contributed by atoms with Crippen molar-refractivity contribution in [1.29, 1.82) is 0 Å². The van der Waals surface area contributed by atoms with E-state index in [0.29, 0.717) is 10.4 Å². The largest absolute Gasteiger partial charge is 0.491 e. The first-order chi connectivity index (χ1) is 7.72. The Morgan fingerprint density at radius 3 is 2.62 bits per heavy atom. The van der Waals surface area contributed by atoms with Crippen molar-refractivity contribution in [3.8, 4) is 17.0 Å². The van der Waals surface area contributed by atoms with Crippen molar-refractivity contribution in [2.45, 2.75) is 0 Å². The van der Waals surface area contributed by atoms with Crippen molar-refractivity contribution in [2.24, 2.45) is 0 Å². The van der Waals surface area contributed by atoms with E-state index >= 15 is 0 Å². The maximum Gasteiger partial charge on any atom is 0.179 e. The van der Waals surface area contributed by atoms with E-state index in [9.17, 15) is 0 Å². The normalized spacial score (nSPS) is 10.1. The van der Waals surface area contributed by atoms with Crippen LogP contribution in [-0.2, 0) is 0 Å². The minimum atomic E-state index is 0.458. The molecule has 0 amide bonds. The summed E-state index contributed by atoms with van der Waals surface area (Å²) in [6.45, 7) is 0. The fourth-order valence-corrected chi connectivity index (χ4v) is 1.91. The topological polar surface area (TPSA) is 37.9 Å². The summed E-state index contributed by atoms with van der Waals surface area (Å²) in [4.78, 5) is 7.03. The Balaban J connectivity index is 2.60. The number of hydrogen-bond acceptors (Lipinski definition) is 3. The molecule has 0 unspecified atom stereocenters. The minimum absolute atomic E-state index is 0.458. The highest BCUT2D eigenvalue weighted by molar-refractivity contribution is 9.10. The van der Waals surface area contributed by atoms with Gasteiger partial charge in [0.25, 0.3) is 0 Å². The molecule has 0 bridgehead atoms. The van der Waals surface area contributed by atoms with Crippen LogP contribution in [0.4, 0.5) is 0 Å². The lowest BCUT2D eigenvalue weighted by atomic mass is 10.1. The van der Waals surface area contributed by atoms with Gasteiger partial charge in [0, 0.05) is 10.0 Å². The molecule has 0 atom stereocenters. The Labute approximate surface area is 107 Å². The van der Waals surface area contributed by atoms with E-state index in [4.69, 9.17) is 17.0 Å². The van der Waals surface area contributed by atoms with Gasteiger partial charge >= 0.3 is 0 Å². The van der Waals surface area contributed by atoms with Gasteiger partial charge in [-0.3, -0.25) is 0 Å². The summed E-state index contributed by atoms with van der Waals surface area (Å²) >= 11 is 8.49. The first-order valence-corrected chi connectivity index (χ1v) is 5.80. The number of H-pyrrole nitrogens is 1. The van der Waals surface area contributed by atoms with E-state index in [1.807, 2.05) is 24.3 Å². The summed E-state index contributed by atoms with van der Waals surface area (Å²) < 4.78 is 6.74. The van der Waals surface area contributed by atoms with Crippen molar-refractivity contribution in [3.63, 3.8) is 0 Å². The number of halogens is 1. The van der Waals surface area contributed by atoms with Crippen LogP contribution in [0.2, 0.25) is 0 Å². The van der Waals surface area contributed by atoms with Crippen LogP contribution in [0.3, 0.4) is 0 Å². The van der Waals surface area contributed by atoms with Gasteiger partial charge < -0.3 is 9.72 Å². The predicted octanol–water partition coefficient (Wildman–Crippen LogP) is 3.58. The van der Waals surface area contributed by atoms with Crippen molar-refractivity contribution in [3.05, 3.63) is 39.7 Å². The van der Waals surface area contributed by atoms with Gasteiger partial charge in [-0.25, -0.2) is 4.98 Å². The molecular weight excluding hydrogens is 288 g/mol. The SMILES string of the molecule is COc1c(-c2ccc(Br)cc2)[nH]cnc1=S. The quantitative estimate of drug-likeness (QED) is 0.861. The Morgan fingerprint density at radius 2 is 2.00 bits per heavy atom. The highest BCUT2D eigenvalue weighted by atomic mass is 79.9. The zero-order valence-electron chi connectivity index (χ0n) is 8.53. The van der Waals surface area contributed by atoms with Gasteiger partial charge in [0.1, 0.15) is 0 Å². The first kappa shape index (κ1) is 11.3. The predicted molar refractivity (Wildman–Crippen MR) is 69.1 cm³/mol. The zero-order chi connectivity index (χ0) is 11.5. The molecule has 2 rings (SSSR count). The van der Waals surface area contributed by atoms with E-state index < -0.39 is 0 Å². The Morgan fingerprint density at radius 1 is 1.31 bits per heavy atom. The van der Waals surface area contributed by atoms with Crippen LogP contribution in [0.15, 0.2) is 35.1 Å². The molecule has 16 heavy (non-hydrogen) atoms. The van der Waals surface area contributed by atoms with Crippen LogP contribution in [-0.4, -0.2) is 17.1 Å². The Bertz CT molecular complexity index is 551. The number of nitrogens with zero attached hydrogens (tertiary/aromatic N) is 1. The molecule has 2 aromatic rings. The molecule has 0 spiro atoms. The van der Waals surface area contributed by atoms with Crippen molar-refractivity contribution in [2.75, 3.05) is 7.11 Å². The fraction of sp³-hybridized carbons (Fsp3) is 0.0909. The van der Waals surface area contributed by atoms with Gasteiger partial charge in [-0.1, -0.05) is 40.3 Å². The van der Waals surface area contributed by atoms with Crippen molar-refractivity contribution < 1.29 is 4.74 Å². The molecular formula is C11H9BrN2OS. The number of aromatic amines is 1. The third-order valence-corrected chi connectivity index (χ3v) is 2.97. The molecule has 0 saturated heterocycles. The molecule has 0 radical (unpaired) electrons. The molecule has 1 heterocycles. The highest BCUT2D eigenvalue weighted by Crippen LogP contribution is 2.28. The molecule has 0 aliphatic heterocycles. The van der Waals surface area contributed by atoms with Crippen LogP contribution < -0.4 is 4.74 Å². The van der Waals surface area contributed by atoms with Gasteiger partial charge in [-0.15, -0.1) is 0 Å². The molecule has 0 fully saturated rings. The second-order valence-electron chi connectivity index (χ2n) is 3.12. The van der Waals surface area contributed by atoms with Crippen LogP contribution in [0.5, 0.6) is 5.75 Å². The summed E-state index contributed by atoms with van der Waals surface area (Å²) in [7, 11) is 1.59. The third kappa shape index (κ3) is 2.15. The Hall–Kier alpha value is -1.20. The maximum absolute atomic E-state index is 5.25. The molecule has 0 saturated carbocycles. The average Bonchev–Trinajstić information content (AvgIpc) is 2.30. The average molecular weight is 297 g/mol. The van der Waals surface area contributed by atoms with E-state index in [1.165, 1.54) is 0 Å². The van der Waals surface area contributed by atoms with Crippen LogP contribution in [0, 0.1) is 4.64 Å². The highest BCUT2D eigenvalue weighted by Gasteiger charge is 2.07. The monoisotopic (exact) mass is 296 g/mol. The van der Waals surface area contributed by atoms with E-state index in [0.717, 1.165) is 15.7 Å². The number of rotatable bonds is 2. The number of methoxy groups -OCH3 is 1. The van der Waals surface area contributed by atoms with Crippen molar-refractivity contribution >= 4 is 28.1 Å². The molecule has 3 nitrogen and oxygen atoms in total. The van der Waals surface area contributed by atoms with Gasteiger partial charge in [0.2, 0.25) is 0 Å². The third-order valence-electron chi connectivity index (χ3n) is 2.15. The van der Waals surface area contributed by atoms with E-state index in [2.05, 4.69) is 25.9 Å². The number of hydrogen-bond donors (Lipinski definition) is 1. The summed E-state index contributed by atoms with van der Waals surface area (Å²) in [6.07, 6.45) is 1.57. The zero-order valence-corrected chi connectivity index (χ0v) is 10.9. The molecule has 82 valence electrons. The van der Waals surface area contributed by atoms with Crippen LogP contribution in [0.1, 0.15) is 0 Å². The summed E-state index contributed by atoms with van der Waals surface area (Å²) in [5.74, 6) is 0.597. The number of nitrogens with one attached hydrogen (secondary N) is 1. The van der Waals surface area contributed by atoms with Gasteiger partial charge in [-0.2, -0.15) is 0 Å². The van der Waals surface area contributed by atoms with Gasteiger partial charge in [-0.05, 0) is 12.1 Å². The fourth-order valence-electron chi connectivity index (χ4n) is 1.41. The molecule has 0 aliphatic carbocycles. The Kier molecular flexibility index (Phi) is 3.36. The minimum Gasteiger partial charge on any atom is -0.491 e. The number of ether oxygens (including phenoxy) is 1. The van der Waals surface area contributed by atoms with Crippen molar-refractivity contribution in [1.82, 2.24) is 9.97 Å². The maximum atomic E-state index is 5.25. The molecule has 5 heteroatoms. The lowest BCUT2D eigenvalue weighted by Crippen LogP contribution is -1.93. The lowest BCUT2D eigenvalue weighted by Gasteiger charge is -2.07. The summed E-state index contributed by atoms with van der Waals surface area (Å²) in [5.41, 5.74) is 1.85. The number of aromatic nitrogens is 2. The first-order valence-electron chi connectivity index (χ1n) is 4.60. The molecule has 1 aromatic carbocycles. The molecule has 1 aromatic heterocycles. The molecule has 1 N–H and O–H groups in total. The van der Waals surface area contributed by atoms with E-state index in [-0.39, 0.29) is 0 Å². The van der Waals surface area contributed by atoms with Crippen LogP contribution in [0.25, 0.3) is 11.3 Å². The summed E-state index contributed by atoms with van der Waals surface area (Å²) in [6, 6.07) is 7.89. The smallest absolute Gasteiger partial charge is 0.179 e. The van der Waals surface area contributed by atoms with E-state index in [1.54, 1.807) is 13.4 Å². The lowest BCUT2D eigenvalue weighted by molar-refractivity contribution is 0.411. The second kappa shape index (κ2) is 4.76. The van der Waals surface area contributed by atoms with Crippen LogP contribution >= 0.6 is 28.1 Å². The standard InChI is InChI=1S/C11H9BrN2OS/c1-15-10-9(13-6-14-11(10)16)7-2-4-8(12)5-3-7/h2-6H,1H3,(H,13,14,16). The second-order valence-corrected chi connectivity index (χ2v) is 4.43. The van der Waals surface area contributed by atoms with Gasteiger partial charge in [0.15, 0.2) is 10.4 Å². The molecule has 0 aliphatic rings. The number of benzene rings is 1. The van der Waals surface area contributed by atoms with Gasteiger partial charge in [0.05, 0.1) is 19.1 Å². The summed E-state index contributed by atoms with van der Waals surface area (Å²) in [5, 5.41) is 0.